The summed E-state index contributed by atoms with van der Waals surface area (Å²) in [5.41, 5.74) is 6.68. The van der Waals surface area contributed by atoms with Gasteiger partial charge in [-0.2, -0.15) is 0 Å². The lowest BCUT2D eigenvalue weighted by molar-refractivity contribution is 0.208. The summed E-state index contributed by atoms with van der Waals surface area (Å²) in [5.74, 6) is 0.785. The van der Waals surface area contributed by atoms with Crippen LogP contribution < -0.4 is 10.5 Å². The maximum Gasteiger partial charge on any atom is 0.138 e. The Hall–Kier alpha value is -0.770. The molecule has 17 heavy (non-hydrogen) atoms. The van der Waals surface area contributed by atoms with Crippen LogP contribution >= 0.6 is 11.6 Å². The van der Waals surface area contributed by atoms with Gasteiger partial charge in [-0.3, -0.25) is 0 Å². The van der Waals surface area contributed by atoms with Crippen LogP contribution in [0.25, 0.3) is 0 Å². The summed E-state index contributed by atoms with van der Waals surface area (Å²) < 4.78 is 5.90. The van der Waals surface area contributed by atoms with Crippen molar-refractivity contribution < 1.29 is 4.74 Å². The van der Waals surface area contributed by atoms with Gasteiger partial charge in [0, 0.05) is 13.1 Å². The number of halogens is 1. The minimum atomic E-state index is 0.262. The molecule has 1 aromatic rings. The fraction of sp³-hybridized carbons (Fsp3) is 0.538. The SMILES string of the molecule is CN1CCC(Oc2ccc(CCN)cc2Cl)C1. The van der Waals surface area contributed by atoms with Crippen LogP contribution in [0.3, 0.4) is 0 Å². The Kier molecular flexibility index (Phi) is 4.26. The van der Waals surface area contributed by atoms with E-state index in [2.05, 4.69) is 11.9 Å². The molecule has 2 N–H and O–H groups in total. The Morgan fingerprint density at radius 3 is 2.94 bits per heavy atom. The van der Waals surface area contributed by atoms with Crippen molar-refractivity contribution in [2.75, 3.05) is 26.7 Å². The molecule has 0 amide bonds. The number of hydrogen-bond acceptors (Lipinski definition) is 3. The standard InChI is InChI=1S/C13H19ClN2O/c1-16-7-5-11(9-16)17-13-3-2-10(4-6-15)8-12(13)14/h2-3,8,11H,4-7,9,15H2,1H3. The highest BCUT2D eigenvalue weighted by Crippen LogP contribution is 2.28. The van der Waals surface area contributed by atoms with E-state index in [0.29, 0.717) is 11.6 Å². The summed E-state index contributed by atoms with van der Waals surface area (Å²) in [6.07, 6.45) is 2.18. The molecule has 1 saturated heterocycles. The molecule has 0 bridgehead atoms. The molecule has 3 nitrogen and oxygen atoms in total. The second-order valence-electron chi connectivity index (χ2n) is 4.59. The van der Waals surface area contributed by atoms with Gasteiger partial charge in [-0.15, -0.1) is 0 Å². The average molecular weight is 255 g/mol. The van der Waals surface area contributed by atoms with Crippen LogP contribution in [0.5, 0.6) is 5.75 Å². The Bertz CT molecular complexity index is 384. The molecule has 94 valence electrons. The molecule has 0 radical (unpaired) electrons. The zero-order chi connectivity index (χ0) is 12.3. The van der Waals surface area contributed by atoms with Gasteiger partial charge in [0.1, 0.15) is 11.9 Å². The van der Waals surface area contributed by atoms with Crippen LogP contribution in [0.4, 0.5) is 0 Å². The van der Waals surface area contributed by atoms with Crippen LogP contribution in [-0.2, 0) is 6.42 Å². The van der Waals surface area contributed by atoms with Crippen molar-refractivity contribution in [2.45, 2.75) is 18.9 Å². The third-order valence-electron chi connectivity index (χ3n) is 3.07. The van der Waals surface area contributed by atoms with E-state index in [-0.39, 0.29) is 6.10 Å². The molecule has 0 spiro atoms. The number of rotatable bonds is 4. The first-order valence-corrected chi connectivity index (χ1v) is 6.40. The summed E-state index contributed by atoms with van der Waals surface area (Å²) in [6.45, 7) is 2.71. The van der Waals surface area contributed by atoms with Crippen LogP contribution in [0.1, 0.15) is 12.0 Å². The average Bonchev–Trinajstić information content (AvgIpc) is 2.69. The molecule has 1 fully saturated rings. The van der Waals surface area contributed by atoms with Gasteiger partial charge in [0.25, 0.3) is 0 Å². The molecule has 0 aromatic heterocycles. The first kappa shape index (κ1) is 12.7. The largest absolute Gasteiger partial charge is 0.487 e. The molecule has 2 rings (SSSR count). The molecule has 4 heteroatoms. The number of nitrogens with zero attached hydrogens (tertiary/aromatic N) is 1. The minimum Gasteiger partial charge on any atom is -0.487 e. The van der Waals surface area contributed by atoms with E-state index in [4.69, 9.17) is 22.1 Å². The van der Waals surface area contributed by atoms with Gasteiger partial charge in [0.05, 0.1) is 5.02 Å². The van der Waals surface area contributed by atoms with Gasteiger partial charge >= 0.3 is 0 Å². The lowest BCUT2D eigenvalue weighted by Gasteiger charge is -2.15. The van der Waals surface area contributed by atoms with Gasteiger partial charge in [-0.25, -0.2) is 0 Å². The van der Waals surface area contributed by atoms with Gasteiger partial charge in [-0.1, -0.05) is 17.7 Å². The monoisotopic (exact) mass is 254 g/mol. The second-order valence-corrected chi connectivity index (χ2v) is 5.00. The summed E-state index contributed by atoms with van der Waals surface area (Å²) in [4.78, 5) is 2.27. The van der Waals surface area contributed by atoms with Crippen LogP contribution in [0, 0.1) is 0 Å². The summed E-state index contributed by atoms with van der Waals surface area (Å²) in [6, 6.07) is 5.93. The first-order chi connectivity index (χ1) is 8.19. The van der Waals surface area contributed by atoms with Crippen molar-refractivity contribution in [1.82, 2.24) is 4.90 Å². The van der Waals surface area contributed by atoms with Gasteiger partial charge in [0.2, 0.25) is 0 Å². The smallest absolute Gasteiger partial charge is 0.138 e. The molecule has 0 aliphatic carbocycles. The van der Waals surface area contributed by atoms with Crippen molar-refractivity contribution >= 4 is 11.6 Å². The zero-order valence-electron chi connectivity index (χ0n) is 10.2. The summed E-state index contributed by atoms with van der Waals surface area (Å²) in [5, 5.41) is 0.686. The Morgan fingerprint density at radius 1 is 1.53 bits per heavy atom. The summed E-state index contributed by atoms with van der Waals surface area (Å²) in [7, 11) is 2.11. The van der Waals surface area contributed by atoms with E-state index in [1.165, 1.54) is 0 Å². The first-order valence-electron chi connectivity index (χ1n) is 6.02. The predicted octanol–water partition coefficient (Wildman–Crippen LogP) is 1.92. The molecule has 1 atom stereocenters. The fourth-order valence-electron chi connectivity index (χ4n) is 2.13. The van der Waals surface area contributed by atoms with Crippen LogP contribution in [0.15, 0.2) is 18.2 Å². The topological polar surface area (TPSA) is 38.5 Å². The Morgan fingerprint density at radius 2 is 2.35 bits per heavy atom. The maximum atomic E-state index is 6.20. The molecule has 1 aliphatic heterocycles. The number of nitrogens with two attached hydrogens (primary N) is 1. The van der Waals surface area contributed by atoms with Crippen molar-refractivity contribution in [3.8, 4) is 5.75 Å². The maximum absolute atomic E-state index is 6.20. The molecule has 1 heterocycles. The predicted molar refractivity (Wildman–Crippen MR) is 70.7 cm³/mol. The Labute approximate surface area is 107 Å². The highest BCUT2D eigenvalue weighted by atomic mass is 35.5. The number of hydrogen-bond donors (Lipinski definition) is 1. The van der Waals surface area contributed by atoms with E-state index in [9.17, 15) is 0 Å². The number of ether oxygens (including phenoxy) is 1. The third kappa shape index (κ3) is 3.35. The number of likely N-dealkylation sites (N-methyl/N-ethyl adjacent to an activating group) is 1. The molecule has 1 unspecified atom stereocenters. The van der Waals surface area contributed by atoms with Gasteiger partial charge in [0.15, 0.2) is 0 Å². The van der Waals surface area contributed by atoms with Gasteiger partial charge in [-0.05, 0) is 44.1 Å². The number of likely N-dealkylation sites (tertiary alicyclic amines) is 1. The quantitative estimate of drug-likeness (QED) is 0.892. The van der Waals surface area contributed by atoms with E-state index in [1.807, 2.05) is 18.2 Å². The van der Waals surface area contributed by atoms with Gasteiger partial charge < -0.3 is 15.4 Å². The fourth-order valence-corrected chi connectivity index (χ4v) is 2.38. The second kappa shape index (κ2) is 5.71. The highest BCUT2D eigenvalue weighted by Gasteiger charge is 2.21. The van der Waals surface area contributed by atoms with E-state index < -0.39 is 0 Å². The zero-order valence-corrected chi connectivity index (χ0v) is 10.9. The molecular weight excluding hydrogens is 236 g/mol. The van der Waals surface area contributed by atoms with E-state index in [0.717, 1.165) is 37.2 Å². The van der Waals surface area contributed by atoms with E-state index >= 15 is 0 Å². The van der Waals surface area contributed by atoms with Crippen molar-refractivity contribution in [1.29, 1.82) is 0 Å². The molecule has 1 aliphatic rings. The normalized spacial score (nSPS) is 20.8. The number of benzene rings is 1. The molecule has 1 aromatic carbocycles. The third-order valence-corrected chi connectivity index (χ3v) is 3.37. The minimum absolute atomic E-state index is 0.262. The molecular formula is C13H19ClN2O. The molecule has 0 saturated carbocycles. The van der Waals surface area contributed by atoms with Crippen LogP contribution in [-0.4, -0.2) is 37.7 Å². The summed E-state index contributed by atoms with van der Waals surface area (Å²) >= 11 is 6.20. The lowest BCUT2D eigenvalue weighted by atomic mass is 10.1. The van der Waals surface area contributed by atoms with Crippen molar-refractivity contribution in [3.05, 3.63) is 28.8 Å². The van der Waals surface area contributed by atoms with Crippen LogP contribution in [0.2, 0.25) is 5.02 Å². The lowest BCUT2D eigenvalue weighted by Crippen LogP contribution is -2.21. The van der Waals surface area contributed by atoms with Crippen molar-refractivity contribution in [2.24, 2.45) is 5.73 Å². The highest BCUT2D eigenvalue weighted by molar-refractivity contribution is 6.32. The van der Waals surface area contributed by atoms with E-state index in [1.54, 1.807) is 0 Å². The van der Waals surface area contributed by atoms with Crippen molar-refractivity contribution in [3.63, 3.8) is 0 Å². The Balaban J connectivity index is 2.01.